The van der Waals surface area contributed by atoms with Gasteiger partial charge in [0.2, 0.25) is 5.95 Å². The van der Waals surface area contributed by atoms with Crippen LogP contribution in [0.2, 0.25) is 10.0 Å². The van der Waals surface area contributed by atoms with Crippen LogP contribution >= 0.6 is 23.2 Å². The van der Waals surface area contributed by atoms with Crippen LogP contribution in [-0.4, -0.2) is 21.0 Å². The van der Waals surface area contributed by atoms with Crippen LogP contribution in [0.4, 0.5) is 17.5 Å². The fourth-order valence-electron chi connectivity index (χ4n) is 3.24. The number of anilines is 3. The summed E-state index contributed by atoms with van der Waals surface area (Å²) in [6, 6.07) is 11.6. The van der Waals surface area contributed by atoms with E-state index in [4.69, 9.17) is 28.2 Å². The Morgan fingerprint density at radius 2 is 1.74 bits per heavy atom. The molecule has 1 aliphatic carbocycles. The molecule has 4 rings (SSSR count). The molecule has 27 heavy (non-hydrogen) atoms. The van der Waals surface area contributed by atoms with Gasteiger partial charge in [0, 0.05) is 30.1 Å². The summed E-state index contributed by atoms with van der Waals surface area (Å²) in [5, 5.41) is 7.69. The van der Waals surface area contributed by atoms with Crippen molar-refractivity contribution in [3.63, 3.8) is 0 Å². The van der Waals surface area contributed by atoms with Crippen molar-refractivity contribution in [2.24, 2.45) is 0 Å². The average molecular weight is 400 g/mol. The van der Waals surface area contributed by atoms with Crippen molar-refractivity contribution in [3.8, 4) is 11.3 Å². The van der Waals surface area contributed by atoms with Crippen molar-refractivity contribution in [2.75, 3.05) is 10.6 Å². The van der Waals surface area contributed by atoms with E-state index in [0.29, 0.717) is 33.5 Å². The van der Waals surface area contributed by atoms with E-state index in [1.807, 2.05) is 30.3 Å². The summed E-state index contributed by atoms with van der Waals surface area (Å²) in [4.78, 5) is 13.4. The molecule has 1 fully saturated rings. The highest BCUT2D eigenvalue weighted by Crippen LogP contribution is 2.32. The van der Waals surface area contributed by atoms with Crippen LogP contribution in [0.5, 0.6) is 0 Å². The minimum atomic E-state index is 0.417. The molecule has 2 aromatic heterocycles. The normalized spacial score (nSPS) is 14.3. The lowest BCUT2D eigenvalue weighted by molar-refractivity contribution is 0.744. The summed E-state index contributed by atoms with van der Waals surface area (Å²) in [5.41, 5.74) is 2.49. The Hall–Kier alpha value is -2.37. The Morgan fingerprint density at radius 1 is 0.963 bits per heavy atom. The zero-order valence-corrected chi connectivity index (χ0v) is 16.1. The van der Waals surface area contributed by atoms with E-state index in [-0.39, 0.29) is 0 Å². The van der Waals surface area contributed by atoms with Crippen molar-refractivity contribution >= 4 is 40.7 Å². The van der Waals surface area contributed by atoms with E-state index < -0.39 is 0 Å². The lowest BCUT2D eigenvalue weighted by Gasteiger charge is -2.15. The first kappa shape index (κ1) is 18.0. The van der Waals surface area contributed by atoms with E-state index in [0.717, 1.165) is 24.1 Å². The monoisotopic (exact) mass is 399 g/mol. The van der Waals surface area contributed by atoms with Gasteiger partial charge in [-0.1, -0.05) is 42.1 Å². The quantitative estimate of drug-likeness (QED) is 0.555. The van der Waals surface area contributed by atoms with Crippen molar-refractivity contribution in [1.82, 2.24) is 15.0 Å². The molecule has 0 spiro atoms. The van der Waals surface area contributed by atoms with E-state index in [2.05, 4.69) is 20.6 Å². The van der Waals surface area contributed by atoms with Gasteiger partial charge in [0.1, 0.15) is 5.82 Å². The minimum Gasteiger partial charge on any atom is -0.351 e. The predicted octanol–water partition coefficient (Wildman–Crippen LogP) is 5.94. The second kappa shape index (κ2) is 8.11. The molecule has 1 aromatic carbocycles. The molecular formula is C20H19Cl2N5. The number of halogens is 2. The molecule has 1 aliphatic rings. The van der Waals surface area contributed by atoms with Crippen LogP contribution in [0.3, 0.4) is 0 Å². The van der Waals surface area contributed by atoms with Crippen molar-refractivity contribution in [2.45, 2.75) is 31.7 Å². The van der Waals surface area contributed by atoms with Gasteiger partial charge in [0.25, 0.3) is 0 Å². The number of hydrogen-bond acceptors (Lipinski definition) is 5. The summed E-state index contributed by atoms with van der Waals surface area (Å²) in [5.74, 6) is 1.26. The van der Waals surface area contributed by atoms with Crippen LogP contribution in [0.15, 0.2) is 48.8 Å². The summed E-state index contributed by atoms with van der Waals surface area (Å²) >= 11 is 12.4. The Labute approximate surface area is 168 Å². The standard InChI is InChI=1S/C20H19Cl2N5/c21-15-6-3-7-16(19(15)22)25-18-12-17(13-8-10-23-11-9-13)26-20(27-18)24-14-4-1-2-5-14/h3,6-12,14H,1-2,4-5H2,(H2,24,25,26,27). The van der Waals surface area contributed by atoms with Crippen molar-refractivity contribution < 1.29 is 0 Å². The smallest absolute Gasteiger partial charge is 0.225 e. The largest absolute Gasteiger partial charge is 0.351 e. The van der Waals surface area contributed by atoms with Crippen molar-refractivity contribution in [1.29, 1.82) is 0 Å². The summed E-state index contributed by atoms with van der Waals surface area (Å²) in [7, 11) is 0. The molecule has 0 aliphatic heterocycles. The molecule has 0 amide bonds. The molecule has 7 heteroatoms. The molecule has 0 radical (unpaired) electrons. The molecule has 3 aromatic rings. The van der Waals surface area contributed by atoms with Gasteiger partial charge in [-0.05, 0) is 37.1 Å². The van der Waals surface area contributed by atoms with E-state index in [9.17, 15) is 0 Å². The molecule has 0 bridgehead atoms. The third-order valence-corrected chi connectivity index (χ3v) is 5.42. The molecule has 138 valence electrons. The molecule has 0 atom stereocenters. The lowest BCUT2D eigenvalue weighted by atomic mass is 10.2. The Bertz CT molecular complexity index is 927. The SMILES string of the molecule is Clc1cccc(Nc2cc(-c3ccncc3)nc(NC3CCCC3)n2)c1Cl. The molecule has 1 saturated carbocycles. The second-order valence-electron chi connectivity index (χ2n) is 6.55. The molecule has 2 heterocycles. The summed E-state index contributed by atoms with van der Waals surface area (Å²) < 4.78 is 0. The Balaban J connectivity index is 1.69. The van der Waals surface area contributed by atoms with Gasteiger partial charge >= 0.3 is 0 Å². The predicted molar refractivity (Wildman–Crippen MR) is 111 cm³/mol. The highest BCUT2D eigenvalue weighted by molar-refractivity contribution is 6.43. The molecule has 2 N–H and O–H groups in total. The van der Waals surface area contributed by atoms with Gasteiger partial charge < -0.3 is 10.6 Å². The van der Waals surface area contributed by atoms with Crippen LogP contribution in [-0.2, 0) is 0 Å². The van der Waals surface area contributed by atoms with Gasteiger partial charge in [-0.2, -0.15) is 4.98 Å². The number of hydrogen-bond donors (Lipinski definition) is 2. The first-order valence-corrected chi connectivity index (χ1v) is 9.72. The lowest BCUT2D eigenvalue weighted by Crippen LogP contribution is -2.17. The van der Waals surface area contributed by atoms with Crippen molar-refractivity contribution in [3.05, 3.63) is 58.8 Å². The summed E-state index contributed by atoms with van der Waals surface area (Å²) in [6.45, 7) is 0. The zero-order valence-electron chi connectivity index (χ0n) is 14.6. The average Bonchev–Trinajstić information content (AvgIpc) is 3.19. The number of rotatable bonds is 5. The van der Waals surface area contributed by atoms with E-state index >= 15 is 0 Å². The third-order valence-electron chi connectivity index (χ3n) is 4.60. The number of nitrogens with one attached hydrogen (secondary N) is 2. The van der Waals surface area contributed by atoms with E-state index in [1.165, 1.54) is 12.8 Å². The number of benzene rings is 1. The third kappa shape index (κ3) is 4.31. The van der Waals surface area contributed by atoms with Gasteiger partial charge in [-0.15, -0.1) is 0 Å². The summed E-state index contributed by atoms with van der Waals surface area (Å²) in [6.07, 6.45) is 8.28. The first-order chi connectivity index (χ1) is 13.2. The number of aromatic nitrogens is 3. The maximum atomic E-state index is 6.32. The van der Waals surface area contributed by atoms with Crippen LogP contribution < -0.4 is 10.6 Å². The van der Waals surface area contributed by atoms with Gasteiger partial charge in [-0.3, -0.25) is 4.98 Å². The first-order valence-electron chi connectivity index (χ1n) is 8.96. The molecular weight excluding hydrogens is 381 g/mol. The Morgan fingerprint density at radius 3 is 2.52 bits per heavy atom. The van der Waals surface area contributed by atoms with Gasteiger partial charge in [-0.25, -0.2) is 4.98 Å². The second-order valence-corrected chi connectivity index (χ2v) is 7.34. The van der Waals surface area contributed by atoms with Crippen LogP contribution in [0, 0.1) is 0 Å². The topological polar surface area (TPSA) is 62.7 Å². The number of nitrogens with zero attached hydrogens (tertiary/aromatic N) is 3. The maximum absolute atomic E-state index is 6.32. The highest BCUT2D eigenvalue weighted by atomic mass is 35.5. The fraction of sp³-hybridized carbons (Fsp3) is 0.250. The Kier molecular flexibility index (Phi) is 5.41. The minimum absolute atomic E-state index is 0.417. The zero-order chi connectivity index (χ0) is 18.6. The number of pyridine rings is 1. The maximum Gasteiger partial charge on any atom is 0.225 e. The van der Waals surface area contributed by atoms with Crippen LogP contribution in [0.1, 0.15) is 25.7 Å². The van der Waals surface area contributed by atoms with E-state index in [1.54, 1.807) is 18.5 Å². The van der Waals surface area contributed by atoms with Crippen LogP contribution in [0.25, 0.3) is 11.3 Å². The fourth-order valence-corrected chi connectivity index (χ4v) is 3.59. The molecule has 5 nitrogen and oxygen atoms in total. The van der Waals surface area contributed by atoms with Gasteiger partial charge in [0.05, 0.1) is 21.4 Å². The molecule has 0 unspecified atom stereocenters. The van der Waals surface area contributed by atoms with Gasteiger partial charge in [0.15, 0.2) is 0 Å². The highest BCUT2D eigenvalue weighted by Gasteiger charge is 2.17. The molecule has 0 saturated heterocycles.